The molecule has 0 radical (unpaired) electrons. The van der Waals surface area contributed by atoms with Gasteiger partial charge in [-0.05, 0) is 0 Å². The van der Waals surface area contributed by atoms with Crippen LogP contribution >= 0.6 is 37.2 Å². The topological polar surface area (TPSA) is 0 Å². The Morgan fingerprint density at radius 2 is 1.71 bits per heavy atom. The molecule has 0 amide bonds. The zero-order valence-electron chi connectivity index (χ0n) is 8.79. The van der Waals surface area contributed by atoms with Crippen molar-refractivity contribution >= 4 is 45.3 Å². The SMILES string of the molecule is C[Si](C)(C)CC1=[C]([Hf])CC=C1.Cl.Cl.Cl. The van der Waals surface area contributed by atoms with Crippen LogP contribution in [-0.4, -0.2) is 8.07 Å². The van der Waals surface area contributed by atoms with Crippen LogP contribution in [0.4, 0.5) is 0 Å². The smallest absolute Gasteiger partial charge is 0.147 e. The molecule has 0 aromatic carbocycles. The molecule has 83 valence electrons. The molecule has 0 atom stereocenters. The van der Waals surface area contributed by atoms with Crippen molar-refractivity contribution in [1.82, 2.24) is 0 Å². The van der Waals surface area contributed by atoms with Crippen LogP contribution in [0.5, 0.6) is 0 Å². The van der Waals surface area contributed by atoms with Crippen molar-refractivity contribution in [2.24, 2.45) is 0 Å². The molecule has 1 aliphatic carbocycles. The van der Waals surface area contributed by atoms with Crippen molar-refractivity contribution in [2.45, 2.75) is 32.1 Å². The summed E-state index contributed by atoms with van der Waals surface area (Å²) in [5.74, 6) is 0. The fourth-order valence-electron chi connectivity index (χ4n) is 1.29. The summed E-state index contributed by atoms with van der Waals surface area (Å²) in [5, 5.41) is 0. The largest absolute Gasteiger partial charge is 0.147 e. The normalized spacial score (nSPS) is 14.1. The third-order valence-corrected chi connectivity index (χ3v) is 5.08. The average molecular weight is 439 g/mol. The summed E-state index contributed by atoms with van der Waals surface area (Å²) in [6, 6.07) is 1.39. The molecule has 0 aliphatic heterocycles. The van der Waals surface area contributed by atoms with Gasteiger partial charge in [-0.15, -0.1) is 37.2 Å². The molecule has 5 heteroatoms. The number of hydrogen-bond acceptors (Lipinski definition) is 0. The number of allylic oxidation sites excluding steroid dienone is 4. The molecule has 0 saturated carbocycles. The first-order chi connectivity index (χ1) is 4.99. The number of rotatable bonds is 2. The Morgan fingerprint density at radius 1 is 1.21 bits per heavy atom. The van der Waals surface area contributed by atoms with Gasteiger partial charge in [0.2, 0.25) is 0 Å². The van der Waals surface area contributed by atoms with Crippen LogP contribution in [-0.2, 0) is 24.4 Å². The van der Waals surface area contributed by atoms with Crippen LogP contribution in [0.3, 0.4) is 0 Å². The third kappa shape index (κ3) is 7.69. The molecule has 0 aromatic heterocycles. The van der Waals surface area contributed by atoms with Gasteiger partial charge in [0.1, 0.15) is 0 Å². The Labute approximate surface area is 122 Å². The molecule has 0 aromatic rings. The maximum atomic E-state index is 2.45. The van der Waals surface area contributed by atoms with Crippen LogP contribution in [0.2, 0.25) is 25.7 Å². The minimum atomic E-state index is -0.851. The standard InChI is InChI=1S/C9H15Si.3ClH.Hf/c1-10(2,3)8-9-6-4-5-7-9;;;;/h4,6H,5,8H2,1-3H3;3*1H;. The van der Waals surface area contributed by atoms with Gasteiger partial charge >= 0.3 is 85.6 Å². The molecule has 0 nitrogen and oxygen atoms in total. The van der Waals surface area contributed by atoms with Gasteiger partial charge in [-0.1, -0.05) is 0 Å². The van der Waals surface area contributed by atoms with E-state index in [0.29, 0.717) is 0 Å². The van der Waals surface area contributed by atoms with Gasteiger partial charge in [0, 0.05) is 0 Å². The average Bonchev–Trinajstić information content (AvgIpc) is 2.12. The van der Waals surface area contributed by atoms with E-state index in [4.69, 9.17) is 0 Å². The van der Waals surface area contributed by atoms with E-state index in [1.54, 1.807) is 8.90 Å². The van der Waals surface area contributed by atoms with Gasteiger partial charge in [-0.3, -0.25) is 0 Å². The minimum Gasteiger partial charge on any atom is -0.147 e. The predicted molar refractivity (Wildman–Crippen MR) is 70.7 cm³/mol. The number of hydrogen-bond donors (Lipinski definition) is 0. The number of halogens is 3. The van der Waals surface area contributed by atoms with Crippen molar-refractivity contribution in [1.29, 1.82) is 0 Å². The van der Waals surface area contributed by atoms with Crippen LogP contribution in [0.25, 0.3) is 0 Å². The molecule has 0 fully saturated rings. The summed E-state index contributed by atoms with van der Waals surface area (Å²) in [6.07, 6.45) is 5.92. The maximum absolute atomic E-state index is 2.45. The maximum Gasteiger partial charge on any atom is -0.147 e. The Morgan fingerprint density at radius 3 is 2.00 bits per heavy atom. The summed E-state index contributed by atoms with van der Waals surface area (Å²) in [6.45, 7) is 7.34. The van der Waals surface area contributed by atoms with E-state index in [-0.39, 0.29) is 37.2 Å². The van der Waals surface area contributed by atoms with E-state index >= 15 is 0 Å². The fraction of sp³-hybridized carbons (Fsp3) is 0.556. The molecule has 0 heterocycles. The first-order valence-corrected chi connectivity index (χ1v) is 9.59. The molecule has 0 unspecified atom stereocenters. The van der Waals surface area contributed by atoms with Gasteiger partial charge in [-0.2, -0.15) is 0 Å². The molecular formula is C9H18Cl3HfSi. The zero-order valence-corrected chi connectivity index (χ0v) is 15.8. The summed E-state index contributed by atoms with van der Waals surface area (Å²) >= 11 is 1.27. The minimum absolute atomic E-state index is 0. The molecular weight excluding hydrogens is 421 g/mol. The van der Waals surface area contributed by atoms with E-state index in [0.717, 1.165) is 0 Å². The molecule has 0 N–H and O–H groups in total. The van der Waals surface area contributed by atoms with Crippen molar-refractivity contribution in [3.8, 4) is 0 Å². The van der Waals surface area contributed by atoms with E-state index in [2.05, 4.69) is 31.8 Å². The molecule has 0 bridgehead atoms. The molecule has 1 aliphatic rings. The van der Waals surface area contributed by atoms with Crippen LogP contribution in [0.15, 0.2) is 21.1 Å². The van der Waals surface area contributed by atoms with Crippen LogP contribution < -0.4 is 0 Å². The monoisotopic (exact) mass is 439 g/mol. The Hall–Kier alpha value is 1.44. The summed E-state index contributed by atoms with van der Waals surface area (Å²) in [7, 11) is -0.851. The Bertz CT molecular complexity index is 219. The Kier molecular flexibility index (Phi) is 12.7. The summed E-state index contributed by atoms with van der Waals surface area (Å²) in [4.78, 5) is 0. The molecule has 0 saturated heterocycles. The van der Waals surface area contributed by atoms with Crippen LogP contribution in [0, 0.1) is 0 Å². The molecule has 0 spiro atoms. The van der Waals surface area contributed by atoms with Crippen molar-refractivity contribution < 1.29 is 24.4 Å². The Balaban J connectivity index is -0.000000403. The first-order valence-electron chi connectivity index (χ1n) is 4.09. The first kappa shape index (κ1) is 20.8. The third-order valence-electron chi connectivity index (χ3n) is 1.75. The zero-order chi connectivity index (χ0) is 8.48. The van der Waals surface area contributed by atoms with Crippen LogP contribution in [0.1, 0.15) is 6.42 Å². The van der Waals surface area contributed by atoms with E-state index in [9.17, 15) is 0 Å². The fourth-order valence-corrected chi connectivity index (χ4v) is 4.44. The van der Waals surface area contributed by atoms with Gasteiger partial charge < -0.3 is 0 Å². The molecule has 14 heavy (non-hydrogen) atoms. The second-order valence-electron chi connectivity index (χ2n) is 4.35. The van der Waals surface area contributed by atoms with Gasteiger partial charge in [0.25, 0.3) is 0 Å². The van der Waals surface area contributed by atoms with Crippen molar-refractivity contribution in [3.63, 3.8) is 0 Å². The second-order valence-corrected chi connectivity index (χ2v) is 12.0. The van der Waals surface area contributed by atoms with Gasteiger partial charge in [0.15, 0.2) is 0 Å². The van der Waals surface area contributed by atoms with E-state index in [1.807, 2.05) is 0 Å². The summed E-state index contributed by atoms with van der Waals surface area (Å²) < 4.78 is 1.73. The van der Waals surface area contributed by atoms with Crippen molar-refractivity contribution in [3.05, 3.63) is 21.1 Å². The van der Waals surface area contributed by atoms with Gasteiger partial charge in [-0.25, -0.2) is 0 Å². The van der Waals surface area contributed by atoms with Gasteiger partial charge in [0.05, 0.1) is 0 Å². The van der Waals surface area contributed by atoms with E-state index < -0.39 is 8.07 Å². The summed E-state index contributed by atoms with van der Waals surface area (Å²) in [5.41, 5.74) is 1.68. The van der Waals surface area contributed by atoms with E-state index in [1.165, 1.54) is 36.8 Å². The van der Waals surface area contributed by atoms with Crippen molar-refractivity contribution in [2.75, 3.05) is 0 Å². The predicted octanol–water partition coefficient (Wildman–Crippen LogP) is 4.35. The molecule has 1 rings (SSSR count). The quantitative estimate of drug-likeness (QED) is 0.562. The second kappa shape index (κ2) is 8.57.